The number of anilines is 1. The average molecular weight is 313 g/mol. The van der Waals surface area contributed by atoms with Gasteiger partial charge in [0.1, 0.15) is 5.76 Å². The van der Waals surface area contributed by atoms with Gasteiger partial charge in [0.15, 0.2) is 5.82 Å². The molecule has 0 aliphatic heterocycles. The number of amides is 2. The number of hydrogen-bond donors (Lipinski definition) is 1. The number of thioether (sulfide) groups is 1. The van der Waals surface area contributed by atoms with Gasteiger partial charge in [-0.25, -0.2) is 0 Å². The molecule has 21 heavy (non-hydrogen) atoms. The molecule has 1 atom stereocenters. The molecule has 118 valence electrons. The van der Waals surface area contributed by atoms with E-state index >= 15 is 0 Å². The first-order valence-corrected chi connectivity index (χ1v) is 7.94. The third-order valence-electron chi connectivity index (χ3n) is 2.77. The highest BCUT2D eigenvalue weighted by Crippen LogP contribution is 2.15. The Morgan fingerprint density at radius 2 is 2.10 bits per heavy atom. The zero-order chi connectivity index (χ0) is 16.0. The zero-order valence-electron chi connectivity index (χ0n) is 13.2. The normalized spacial score (nSPS) is 12.3. The molecule has 0 saturated carbocycles. The van der Waals surface area contributed by atoms with Crippen LogP contribution in [-0.4, -0.2) is 46.5 Å². The Bertz CT molecular complexity index is 488. The first-order valence-electron chi connectivity index (χ1n) is 6.89. The zero-order valence-corrected chi connectivity index (χ0v) is 14.0. The summed E-state index contributed by atoms with van der Waals surface area (Å²) >= 11 is 1.31. The minimum Gasteiger partial charge on any atom is -0.360 e. The van der Waals surface area contributed by atoms with Gasteiger partial charge >= 0.3 is 0 Å². The second-order valence-corrected chi connectivity index (χ2v) is 6.76. The summed E-state index contributed by atoms with van der Waals surface area (Å²) in [6.45, 7) is 8.37. The van der Waals surface area contributed by atoms with Crippen molar-refractivity contribution < 1.29 is 14.1 Å². The highest BCUT2D eigenvalue weighted by Gasteiger charge is 2.18. The van der Waals surface area contributed by atoms with Crippen molar-refractivity contribution >= 4 is 29.4 Å². The van der Waals surface area contributed by atoms with Crippen LogP contribution in [0, 0.1) is 12.8 Å². The molecule has 0 radical (unpaired) electrons. The van der Waals surface area contributed by atoms with Crippen LogP contribution in [0.2, 0.25) is 0 Å². The topological polar surface area (TPSA) is 75.4 Å². The quantitative estimate of drug-likeness (QED) is 0.835. The molecule has 0 fully saturated rings. The molecule has 1 aromatic heterocycles. The van der Waals surface area contributed by atoms with Gasteiger partial charge in [-0.2, -0.15) is 0 Å². The van der Waals surface area contributed by atoms with E-state index in [1.54, 1.807) is 31.9 Å². The molecule has 1 rings (SSSR count). The number of carbonyl (C=O) groups excluding carboxylic acids is 2. The van der Waals surface area contributed by atoms with Crippen LogP contribution >= 0.6 is 11.8 Å². The summed E-state index contributed by atoms with van der Waals surface area (Å²) in [6.07, 6.45) is 0. The number of aryl methyl sites for hydroxylation is 1. The first kappa shape index (κ1) is 17.6. The SMILES string of the molecule is Cc1cc(NC(=O)C(C)SCC(=O)N(C)CC(C)C)no1. The average Bonchev–Trinajstić information content (AvgIpc) is 2.79. The molecule has 1 aromatic rings. The Labute approximate surface area is 129 Å². The standard InChI is InChI=1S/C14H23N3O3S/c1-9(2)7-17(5)13(18)8-21-11(4)14(19)15-12-6-10(3)20-16-12/h6,9,11H,7-8H2,1-5H3,(H,15,16,19). The number of nitrogens with one attached hydrogen (secondary N) is 1. The molecule has 0 spiro atoms. The molecule has 7 heteroatoms. The lowest BCUT2D eigenvalue weighted by Crippen LogP contribution is -2.33. The van der Waals surface area contributed by atoms with Gasteiger partial charge in [0, 0.05) is 19.7 Å². The maximum absolute atomic E-state index is 11.9. The molecule has 0 aliphatic rings. The van der Waals surface area contributed by atoms with Crippen molar-refractivity contribution in [3.8, 4) is 0 Å². The summed E-state index contributed by atoms with van der Waals surface area (Å²) in [5.41, 5.74) is 0. The third-order valence-corrected chi connectivity index (χ3v) is 3.90. The Morgan fingerprint density at radius 1 is 1.43 bits per heavy atom. The minimum atomic E-state index is -0.335. The summed E-state index contributed by atoms with van der Waals surface area (Å²) < 4.78 is 4.88. The molecule has 2 amide bonds. The van der Waals surface area contributed by atoms with Crippen molar-refractivity contribution in [1.82, 2.24) is 10.1 Å². The predicted octanol–water partition coefficient (Wildman–Crippen LogP) is 2.16. The van der Waals surface area contributed by atoms with Crippen LogP contribution in [0.5, 0.6) is 0 Å². The van der Waals surface area contributed by atoms with E-state index in [0.29, 0.717) is 17.5 Å². The van der Waals surface area contributed by atoms with Crippen LogP contribution in [0.15, 0.2) is 10.6 Å². The fourth-order valence-corrected chi connectivity index (χ4v) is 2.51. The van der Waals surface area contributed by atoms with Crippen LogP contribution in [0.4, 0.5) is 5.82 Å². The summed E-state index contributed by atoms with van der Waals surface area (Å²) in [4.78, 5) is 25.6. The highest BCUT2D eigenvalue weighted by molar-refractivity contribution is 8.01. The maximum atomic E-state index is 11.9. The fourth-order valence-electron chi connectivity index (χ4n) is 1.68. The van der Waals surface area contributed by atoms with E-state index in [1.807, 2.05) is 0 Å². The summed E-state index contributed by atoms with van der Waals surface area (Å²) in [5, 5.41) is 6.03. The summed E-state index contributed by atoms with van der Waals surface area (Å²) in [5.74, 6) is 1.60. The lowest BCUT2D eigenvalue weighted by Gasteiger charge is -2.20. The van der Waals surface area contributed by atoms with Crippen molar-refractivity contribution in [1.29, 1.82) is 0 Å². The molecule has 1 heterocycles. The van der Waals surface area contributed by atoms with Gasteiger partial charge in [-0.1, -0.05) is 19.0 Å². The van der Waals surface area contributed by atoms with E-state index in [1.165, 1.54) is 11.8 Å². The van der Waals surface area contributed by atoms with E-state index in [9.17, 15) is 9.59 Å². The molecule has 1 unspecified atom stereocenters. The molecule has 0 aromatic carbocycles. The highest BCUT2D eigenvalue weighted by atomic mass is 32.2. The number of nitrogens with zero attached hydrogens (tertiary/aromatic N) is 2. The van der Waals surface area contributed by atoms with E-state index in [-0.39, 0.29) is 22.8 Å². The molecule has 0 bridgehead atoms. The van der Waals surface area contributed by atoms with Crippen LogP contribution in [-0.2, 0) is 9.59 Å². The number of rotatable bonds is 7. The van der Waals surface area contributed by atoms with Crippen molar-refractivity contribution in [3.05, 3.63) is 11.8 Å². The van der Waals surface area contributed by atoms with Gasteiger partial charge < -0.3 is 14.7 Å². The van der Waals surface area contributed by atoms with Crippen LogP contribution < -0.4 is 5.32 Å². The van der Waals surface area contributed by atoms with Crippen LogP contribution in [0.1, 0.15) is 26.5 Å². The molecular formula is C14H23N3O3S. The molecule has 1 N–H and O–H groups in total. The van der Waals surface area contributed by atoms with Gasteiger partial charge in [0.25, 0.3) is 0 Å². The maximum Gasteiger partial charge on any atom is 0.238 e. The Balaban J connectivity index is 2.37. The molecule has 0 saturated heterocycles. The molecular weight excluding hydrogens is 290 g/mol. The number of carbonyl (C=O) groups is 2. The van der Waals surface area contributed by atoms with Crippen LogP contribution in [0.25, 0.3) is 0 Å². The van der Waals surface area contributed by atoms with Gasteiger partial charge in [-0.15, -0.1) is 11.8 Å². The van der Waals surface area contributed by atoms with E-state index < -0.39 is 0 Å². The predicted molar refractivity (Wildman–Crippen MR) is 84.3 cm³/mol. The second-order valence-electron chi connectivity index (χ2n) is 5.43. The van der Waals surface area contributed by atoms with Crippen LogP contribution in [0.3, 0.4) is 0 Å². The van der Waals surface area contributed by atoms with Gasteiger partial charge in [-0.05, 0) is 19.8 Å². The van der Waals surface area contributed by atoms with Gasteiger partial charge in [-0.3, -0.25) is 9.59 Å². The number of aromatic nitrogens is 1. The third kappa shape index (κ3) is 6.20. The lowest BCUT2D eigenvalue weighted by atomic mass is 10.2. The van der Waals surface area contributed by atoms with Crippen molar-refractivity contribution in [2.45, 2.75) is 32.9 Å². The lowest BCUT2D eigenvalue weighted by molar-refractivity contribution is -0.127. The monoisotopic (exact) mass is 313 g/mol. The van der Waals surface area contributed by atoms with E-state index in [4.69, 9.17) is 4.52 Å². The summed E-state index contributed by atoms with van der Waals surface area (Å²) in [6, 6.07) is 1.65. The van der Waals surface area contributed by atoms with E-state index in [2.05, 4.69) is 24.3 Å². The van der Waals surface area contributed by atoms with Crippen molar-refractivity contribution in [3.63, 3.8) is 0 Å². The molecule has 0 aliphatic carbocycles. The van der Waals surface area contributed by atoms with Gasteiger partial charge in [0.05, 0.1) is 11.0 Å². The first-order chi connectivity index (χ1) is 9.79. The van der Waals surface area contributed by atoms with Crippen molar-refractivity contribution in [2.24, 2.45) is 5.92 Å². The number of hydrogen-bond acceptors (Lipinski definition) is 5. The van der Waals surface area contributed by atoms with Crippen molar-refractivity contribution in [2.75, 3.05) is 24.7 Å². The smallest absolute Gasteiger partial charge is 0.238 e. The molecule has 6 nitrogen and oxygen atoms in total. The minimum absolute atomic E-state index is 0.0330. The van der Waals surface area contributed by atoms with E-state index in [0.717, 1.165) is 6.54 Å². The Kier molecular flexibility index (Phi) is 6.74. The summed E-state index contributed by atoms with van der Waals surface area (Å²) in [7, 11) is 1.78. The van der Waals surface area contributed by atoms with Gasteiger partial charge in [0.2, 0.25) is 11.8 Å². The Hall–Kier alpha value is -1.50. The largest absolute Gasteiger partial charge is 0.360 e. The Morgan fingerprint density at radius 3 is 2.62 bits per heavy atom. The fraction of sp³-hybridized carbons (Fsp3) is 0.643. The second kappa shape index (κ2) is 8.07.